The number of carbonyl (C=O) groups excluding carboxylic acids is 3. The quantitative estimate of drug-likeness (QED) is 0.283. The van der Waals surface area contributed by atoms with Gasteiger partial charge in [0.1, 0.15) is 23.1 Å². The predicted molar refractivity (Wildman–Crippen MR) is 179 cm³/mol. The highest BCUT2D eigenvalue weighted by molar-refractivity contribution is 6.02. The lowest BCUT2D eigenvalue weighted by Crippen LogP contribution is -2.57. The maximum Gasteiger partial charge on any atom is 0.246 e. The third-order valence-electron chi connectivity index (χ3n) is 10.00. The first kappa shape index (κ1) is 31.1. The molecule has 47 heavy (non-hydrogen) atoms. The Morgan fingerprint density at radius 1 is 0.915 bits per heavy atom. The van der Waals surface area contributed by atoms with E-state index in [4.69, 9.17) is 9.47 Å². The Hall–Kier alpha value is -4.47. The Bertz CT molecular complexity index is 1610. The number of likely N-dealkylation sites (tertiary alicyclic amines) is 1. The minimum Gasteiger partial charge on any atom is -0.457 e. The molecule has 3 aromatic rings. The first-order chi connectivity index (χ1) is 22.9. The molecule has 3 amide bonds. The molecular formula is C38H42N4O5. The Morgan fingerprint density at radius 3 is 2.32 bits per heavy atom. The van der Waals surface area contributed by atoms with Crippen LogP contribution in [0.4, 0.5) is 5.69 Å². The Labute approximate surface area is 275 Å². The Balaban J connectivity index is 1.09. The molecule has 0 aromatic heterocycles. The summed E-state index contributed by atoms with van der Waals surface area (Å²) in [5.74, 6) is -0.891. The van der Waals surface area contributed by atoms with Crippen LogP contribution in [0.15, 0.2) is 97.1 Å². The van der Waals surface area contributed by atoms with E-state index in [0.717, 1.165) is 38.0 Å². The van der Waals surface area contributed by atoms with E-state index in [2.05, 4.69) is 27.7 Å². The fourth-order valence-electron chi connectivity index (χ4n) is 7.74. The molecule has 9 heteroatoms. The van der Waals surface area contributed by atoms with Crippen molar-refractivity contribution in [3.8, 4) is 11.5 Å². The molecular weight excluding hydrogens is 592 g/mol. The minimum absolute atomic E-state index is 0.0833. The lowest BCUT2D eigenvalue weighted by molar-refractivity contribution is -0.141. The van der Waals surface area contributed by atoms with Crippen LogP contribution in [0, 0.1) is 11.8 Å². The van der Waals surface area contributed by atoms with E-state index >= 15 is 0 Å². The van der Waals surface area contributed by atoms with Gasteiger partial charge in [0.2, 0.25) is 17.7 Å². The van der Waals surface area contributed by atoms with E-state index in [1.165, 1.54) is 12.0 Å². The van der Waals surface area contributed by atoms with Crippen LogP contribution in [0.3, 0.4) is 0 Å². The number of nitrogens with one attached hydrogen (secondary N) is 2. The molecule has 1 saturated carbocycles. The van der Waals surface area contributed by atoms with Crippen molar-refractivity contribution < 1.29 is 23.9 Å². The molecule has 3 heterocycles. The largest absolute Gasteiger partial charge is 0.457 e. The summed E-state index contributed by atoms with van der Waals surface area (Å²) in [6.07, 6.45) is 8.34. The number of likely N-dealkylation sites (N-methyl/N-ethyl adjacent to an activating group) is 1. The fraction of sp³-hybridized carbons (Fsp3) is 0.395. The van der Waals surface area contributed by atoms with Crippen LogP contribution in [0.25, 0.3) is 0 Å². The van der Waals surface area contributed by atoms with Crippen molar-refractivity contribution in [2.75, 3.05) is 25.5 Å². The van der Waals surface area contributed by atoms with E-state index in [-0.39, 0.29) is 23.8 Å². The molecule has 3 aliphatic heterocycles. The number of benzene rings is 3. The van der Waals surface area contributed by atoms with Crippen LogP contribution in [-0.4, -0.2) is 71.4 Å². The summed E-state index contributed by atoms with van der Waals surface area (Å²) in [6.45, 7) is 1.63. The topological polar surface area (TPSA) is 100 Å². The van der Waals surface area contributed by atoms with Gasteiger partial charge >= 0.3 is 0 Å². The number of ether oxygens (including phenoxy) is 2. The summed E-state index contributed by atoms with van der Waals surface area (Å²) >= 11 is 0. The molecule has 2 bridgehead atoms. The van der Waals surface area contributed by atoms with Crippen molar-refractivity contribution >= 4 is 23.4 Å². The lowest BCUT2D eigenvalue weighted by atomic mass is 9.74. The third-order valence-corrected chi connectivity index (χ3v) is 10.00. The van der Waals surface area contributed by atoms with Crippen molar-refractivity contribution in [1.29, 1.82) is 0 Å². The van der Waals surface area contributed by atoms with Crippen LogP contribution >= 0.6 is 0 Å². The lowest BCUT2D eigenvalue weighted by Gasteiger charge is -2.34. The highest BCUT2D eigenvalue weighted by atomic mass is 16.5. The molecule has 5 atom stereocenters. The van der Waals surface area contributed by atoms with Gasteiger partial charge in [-0.2, -0.15) is 0 Å². The zero-order valence-electron chi connectivity index (χ0n) is 26.7. The second-order valence-corrected chi connectivity index (χ2v) is 13.2. The second-order valence-electron chi connectivity index (χ2n) is 13.2. The molecule has 244 valence electrons. The number of nitrogens with zero attached hydrogens (tertiary/aromatic N) is 2. The van der Waals surface area contributed by atoms with Gasteiger partial charge in [-0.05, 0) is 61.9 Å². The van der Waals surface area contributed by atoms with Gasteiger partial charge in [0, 0.05) is 31.4 Å². The molecule has 2 N–H and O–H groups in total. The van der Waals surface area contributed by atoms with Crippen molar-refractivity contribution in [2.45, 2.75) is 62.4 Å². The SMILES string of the molecule is CN(CCN1C(=O)[C@H]2[C@@H](C(=O)Nc3ccc(Oc4ccccc4)cc3)[C@H]3C=C[C@@]2(O3)[C@H]1C(=O)NC1CCCCC1)Cc1ccccc1. The number of carbonyl (C=O) groups is 3. The summed E-state index contributed by atoms with van der Waals surface area (Å²) in [7, 11) is 2.01. The normalized spacial score (nSPS) is 26.4. The van der Waals surface area contributed by atoms with E-state index in [1.54, 1.807) is 29.2 Å². The average Bonchev–Trinajstić information content (AvgIpc) is 3.73. The fourth-order valence-corrected chi connectivity index (χ4v) is 7.74. The molecule has 4 aliphatic rings. The number of rotatable bonds is 11. The Kier molecular flexibility index (Phi) is 8.84. The van der Waals surface area contributed by atoms with Gasteiger partial charge in [0.25, 0.3) is 0 Å². The maximum atomic E-state index is 14.4. The van der Waals surface area contributed by atoms with Gasteiger partial charge in [-0.15, -0.1) is 0 Å². The standard InChI is InChI=1S/C38H42N4O5/c1-41(25-26-11-5-2-6-12-26)23-24-42-34(36(44)40-27-13-7-3-8-14-27)38-22-21-31(47-38)32(33(38)37(42)45)35(43)39-28-17-19-30(20-18-28)46-29-15-9-4-10-16-29/h2,4-6,9-12,15-22,27,31-34H,3,7-8,13-14,23-25H2,1H3,(H,39,43)(H,40,44)/t31-,32+,33-,34-,38+/m1/s1. The zero-order chi connectivity index (χ0) is 32.4. The number of para-hydroxylation sites is 1. The zero-order valence-corrected chi connectivity index (χ0v) is 26.7. The van der Waals surface area contributed by atoms with Gasteiger partial charge in [-0.3, -0.25) is 14.4 Å². The summed E-state index contributed by atoms with van der Waals surface area (Å²) in [4.78, 5) is 46.2. The smallest absolute Gasteiger partial charge is 0.246 e. The van der Waals surface area contributed by atoms with Crippen LogP contribution in [-0.2, 0) is 25.7 Å². The Morgan fingerprint density at radius 2 is 1.60 bits per heavy atom. The molecule has 9 nitrogen and oxygen atoms in total. The first-order valence-electron chi connectivity index (χ1n) is 16.8. The van der Waals surface area contributed by atoms with Crippen molar-refractivity contribution in [2.24, 2.45) is 11.8 Å². The molecule has 0 radical (unpaired) electrons. The third kappa shape index (κ3) is 6.30. The van der Waals surface area contributed by atoms with Gasteiger partial charge in [0.05, 0.1) is 17.9 Å². The number of hydrogen-bond donors (Lipinski definition) is 2. The van der Waals surface area contributed by atoms with Crippen molar-refractivity contribution in [3.63, 3.8) is 0 Å². The van der Waals surface area contributed by atoms with Crippen molar-refractivity contribution in [1.82, 2.24) is 15.1 Å². The van der Waals surface area contributed by atoms with Gasteiger partial charge in [-0.1, -0.05) is 79.9 Å². The summed E-state index contributed by atoms with van der Waals surface area (Å²) in [6, 6.07) is 26.0. The maximum absolute atomic E-state index is 14.4. The monoisotopic (exact) mass is 634 g/mol. The van der Waals surface area contributed by atoms with Crippen LogP contribution in [0.5, 0.6) is 11.5 Å². The minimum atomic E-state index is -1.19. The summed E-state index contributed by atoms with van der Waals surface area (Å²) in [5.41, 5.74) is 0.576. The van der Waals surface area contributed by atoms with Crippen LogP contribution in [0.1, 0.15) is 37.7 Å². The van der Waals surface area contributed by atoms with Crippen LogP contribution < -0.4 is 15.4 Å². The number of fused-ring (bicyclic) bond motifs is 1. The summed E-state index contributed by atoms with van der Waals surface area (Å²) in [5, 5.41) is 6.27. The van der Waals surface area contributed by atoms with Gasteiger partial charge in [0.15, 0.2) is 0 Å². The van der Waals surface area contributed by atoms with E-state index in [1.807, 2.05) is 67.7 Å². The molecule has 7 rings (SSSR count). The average molecular weight is 635 g/mol. The second kappa shape index (κ2) is 13.3. The van der Waals surface area contributed by atoms with Gasteiger partial charge in [-0.25, -0.2) is 0 Å². The van der Waals surface area contributed by atoms with Crippen LogP contribution in [0.2, 0.25) is 0 Å². The highest BCUT2D eigenvalue weighted by Gasteiger charge is 2.72. The number of hydrogen-bond acceptors (Lipinski definition) is 6. The van der Waals surface area contributed by atoms with E-state index in [0.29, 0.717) is 24.5 Å². The molecule has 1 spiro atoms. The molecule has 3 aromatic carbocycles. The predicted octanol–water partition coefficient (Wildman–Crippen LogP) is 5.15. The molecule has 1 aliphatic carbocycles. The molecule has 3 fully saturated rings. The van der Waals surface area contributed by atoms with E-state index < -0.39 is 29.6 Å². The molecule has 2 saturated heterocycles. The van der Waals surface area contributed by atoms with Crippen molar-refractivity contribution in [3.05, 3.63) is 103 Å². The highest BCUT2D eigenvalue weighted by Crippen LogP contribution is 2.55. The first-order valence-corrected chi connectivity index (χ1v) is 16.8. The molecule has 0 unspecified atom stereocenters. The van der Waals surface area contributed by atoms with Gasteiger partial charge < -0.3 is 29.9 Å². The summed E-state index contributed by atoms with van der Waals surface area (Å²) < 4.78 is 12.4. The number of anilines is 1. The number of amides is 3. The van der Waals surface area contributed by atoms with E-state index in [9.17, 15) is 14.4 Å².